The summed E-state index contributed by atoms with van der Waals surface area (Å²) in [5.74, 6) is 0. The first-order valence-corrected chi connectivity index (χ1v) is 11.1. The second-order valence-electron chi connectivity index (χ2n) is 8.53. The average Bonchev–Trinajstić information content (AvgIpc) is 2.84. The Kier molecular flexibility index (Phi) is 6.33. The van der Waals surface area contributed by atoms with Crippen LogP contribution in [0.15, 0.2) is 91.0 Å². The van der Waals surface area contributed by atoms with Crippen LogP contribution in [0.4, 0.5) is 0 Å². The molecule has 3 aromatic rings. The third-order valence-corrected chi connectivity index (χ3v) is 6.77. The molecule has 0 amide bonds. The number of hydrogen-bond acceptors (Lipinski definition) is 3. The van der Waals surface area contributed by atoms with Gasteiger partial charge < -0.3 is 11.5 Å². The van der Waals surface area contributed by atoms with Crippen molar-refractivity contribution in [2.75, 3.05) is 6.54 Å². The zero-order valence-corrected chi connectivity index (χ0v) is 17.6. The van der Waals surface area contributed by atoms with Gasteiger partial charge in [-0.1, -0.05) is 110 Å². The van der Waals surface area contributed by atoms with Crippen LogP contribution in [0.3, 0.4) is 0 Å². The Morgan fingerprint density at radius 1 is 0.700 bits per heavy atom. The van der Waals surface area contributed by atoms with Crippen molar-refractivity contribution < 1.29 is 0 Å². The van der Waals surface area contributed by atoms with Gasteiger partial charge in [-0.05, 0) is 29.5 Å². The third-order valence-electron chi connectivity index (χ3n) is 6.77. The summed E-state index contributed by atoms with van der Waals surface area (Å²) < 4.78 is 0. The van der Waals surface area contributed by atoms with Crippen molar-refractivity contribution in [1.29, 1.82) is 0 Å². The molecular weight excluding hydrogens is 366 g/mol. The van der Waals surface area contributed by atoms with Gasteiger partial charge in [0.1, 0.15) is 0 Å². The Morgan fingerprint density at radius 3 is 1.47 bits per heavy atom. The van der Waals surface area contributed by atoms with E-state index in [-0.39, 0.29) is 11.6 Å². The molecule has 0 heterocycles. The quantitative estimate of drug-likeness (QED) is 0.511. The van der Waals surface area contributed by atoms with Gasteiger partial charge in [-0.3, -0.25) is 5.32 Å². The highest BCUT2D eigenvalue weighted by atomic mass is 15.1. The van der Waals surface area contributed by atoms with Crippen molar-refractivity contribution in [3.8, 4) is 0 Å². The molecule has 3 nitrogen and oxygen atoms in total. The first-order chi connectivity index (χ1) is 14.7. The van der Waals surface area contributed by atoms with E-state index in [1.165, 1.54) is 36.0 Å². The molecule has 3 aromatic carbocycles. The molecular formula is C27H33N3. The monoisotopic (exact) mass is 399 g/mol. The topological polar surface area (TPSA) is 64.1 Å². The molecule has 1 aliphatic rings. The SMILES string of the molecule is NCC(N)C1(NC(c2ccccc2)(c2ccccc2)c2ccccc2)CCCCC1. The highest BCUT2D eigenvalue weighted by Crippen LogP contribution is 2.42. The lowest BCUT2D eigenvalue weighted by Gasteiger charge is -2.50. The number of nitrogens with one attached hydrogen (secondary N) is 1. The maximum Gasteiger partial charge on any atom is 0.0952 e. The molecule has 0 radical (unpaired) electrons. The van der Waals surface area contributed by atoms with E-state index in [4.69, 9.17) is 11.5 Å². The number of hydrogen-bond donors (Lipinski definition) is 3. The second-order valence-corrected chi connectivity index (χ2v) is 8.53. The van der Waals surface area contributed by atoms with Crippen molar-refractivity contribution >= 4 is 0 Å². The highest BCUT2D eigenvalue weighted by Gasteiger charge is 2.46. The van der Waals surface area contributed by atoms with Crippen LogP contribution in [0.1, 0.15) is 48.8 Å². The van der Waals surface area contributed by atoms with Crippen molar-refractivity contribution in [2.24, 2.45) is 11.5 Å². The Balaban J connectivity index is 1.97. The zero-order chi connectivity index (χ0) is 20.9. The molecule has 1 aliphatic carbocycles. The smallest absolute Gasteiger partial charge is 0.0952 e. The van der Waals surface area contributed by atoms with Gasteiger partial charge in [0.15, 0.2) is 0 Å². The molecule has 1 unspecified atom stereocenters. The molecule has 4 rings (SSSR count). The normalized spacial score (nSPS) is 17.4. The fraction of sp³-hybridized carbons (Fsp3) is 0.333. The lowest BCUT2D eigenvalue weighted by atomic mass is 9.70. The van der Waals surface area contributed by atoms with Gasteiger partial charge in [0.25, 0.3) is 0 Å². The summed E-state index contributed by atoms with van der Waals surface area (Å²) in [6, 6.07) is 32.2. The Hall–Kier alpha value is -2.46. The lowest BCUT2D eigenvalue weighted by Crippen LogP contribution is -2.67. The largest absolute Gasteiger partial charge is 0.329 e. The van der Waals surface area contributed by atoms with E-state index in [1.807, 2.05) is 0 Å². The van der Waals surface area contributed by atoms with Gasteiger partial charge in [0.05, 0.1) is 5.54 Å². The molecule has 0 spiro atoms. The first kappa shape index (κ1) is 20.8. The molecule has 0 aromatic heterocycles. The van der Waals surface area contributed by atoms with E-state index in [2.05, 4.69) is 96.3 Å². The average molecular weight is 400 g/mol. The summed E-state index contributed by atoms with van der Waals surface area (Å²) in [4.78, 5) is 0. The summed E-state index contributed by atoms with van der Waals surface area (Å²) in [5, 5.41) is 4.18. The van der Waals surface area contributed by atoms with E-state index in [0.717, 1.165) is 12.8 Å². The van der Waals surface area contributed by atoms with Crippen LogP contribution in [0.5, 0.6) is 0 Å². The van der Waals surface area contributed by atoms with Crippen LogP contribution in [-0.2, 0) is 5.54 Å². The standard InChI is InChI=1S/C27H33N3/c28-21-25(29)26(19-11-4-12-20-26)30-27(22-13-5-1-6-14-22,23-15-7-2-8-16-23)24-17-9-3-10-18-24/h1-3,5-10,13-18,25,30H,4,11-12,19-21,28-29H2. The number of benzene rings is 3. The minimum Gasteiger partial charge on any atom is -0.329 e. The molecule has 1 saturated carbocycles. The fourth-order valence-electron chi connectivity index (χ4n) is 5.15. The molecule has 5 N–H and O–H groups in total. The van der Waals surface area contributed by atoms with Gasteiger partial charge in [0.2, 0.25) is 0 Å². The van der Waals surface area contributed by atoms with Crippen molar-refractivity contribution in [3.63, 3.8) is 0 Å². The summed E-state index contributed by atoms with van der Waals surface area (Å²) in [6.45, 7) is 0.474. The molecule has 0 bridgehead atoms. The van der Waals surface area contributed by atoms with E-state index in [1.54, 1.807) is 0 Å². The molecule has 3 heteroatoms. The summed E-state index contributed by atoms with van der Waals surface area (Å²) in [7, 11) is 0. The lowest BCUT2D eigenvalue weighted by molar-refractivity contribution is 0.157. The highest BCUT2D eigenvalue weighted by molar-refractivity contribution is 5.50. The van der Waals surface area contributed by atoms with Gasteiger partial charge >= 0.3 is 0 Å². The van der Waals surface area contributed by atoms with Gasteiger partial charge in [-0.15, -0.1) is 0 Å². The maximum atomic E-state index is 6.74. The molecule has 0 aliphatic heterocycles. The van der Waals surface area contributed by atoms with Crippen LogP contribution in [0.25, 0.3) is 0 Å². The summed E-state index contributed by atoms with van der Waals surface area (Å²) >= 11 is 0. The molecule has 1 fully saturated rings. The third kappa shape index (κ3) is 3.81. The maximum absolute atomic E-state index is 6.74. The predicted octanol–water partition coefficient (Wildman–Crippen LogP) is 4.56. The van der Waals surface area contributed by atoms with Crippen LogP contribution < -0.4 is 16.8 Å². The van der Waals surface area contributed by atoms with Crippen LogP contribution in [0.2, 0.25) is 0 Å². The van der Waals surface area contributed by atoms with Crippen molar-refractivity contribution in [2.45, 2.75) is 49.2 Å². The molecule has 1 atom stereocenters. The molecule has 0 saturated heterocycles. The van der Waals surface area contributed by atoms with Gasteiger partial charge in [0, 0.05) is 18.1 Å². The minimum atomic E-state index is -0.506. The zero-order valence-electron chi connectivity index (χ0n) is 17.6. The van der Waals surface area contributed by atoms with Crippen LogP contribution in [0, 0.1) is 0 Å². The fourth-order valence-corrected chi connectivity index (χ4v) is 5.15. The van der Waals surface area contributed by atoms with Crippen molar-refractivity contribution in [3.05, 3.63) is 108 Å². The predicted molar refractivity (Wildman–Crippen MR) is 125 cm³/mol. The summed E-state index contributed by atoms with van der Waals surface area (Å²) in [5.41, 5.74) is 15.8. The van der Waals surface area contributed by atoms with E-state index in [0.29, 0.717) is 6.54 Å². The van der Waals surface area contributed by atoms with Gasteiger partial charge in [-0.25, -0.2) is 0 Å². The number of rotatable bonds is 7. The Bertz CT molecular complexity index is 806. The Labute approximate surface area is 180 Å². The Morgan fingerprint density at radius 2 is 1.10 bits per heavy atom. The second kappa shape index (κ2) is 9.13. The van der Waals surface area contributed by atoms with E-state index < -0.39 is 5.54 Å². The van der Waals surface area contributed by atoms with Crippen molar-refractivity contribution in [1.82, 2.24) is 5.32 Å². The first-order valence-electron chi connectivity index (χ1n) is 11.1. The van der Waals surface area contributed by atoms with Gasteiger partial charge in [-0.2, -0.15) is 0 Å². The van der Waals surface area contributed by atoms with Crippen LogP contribution in [-0.4, -0.2) is 18.1 Å². The minimum absolute atomic E-state index is 0.103. The number of nitrogens with two attached hydrogens (primary N) is 2. The molecule has 30 heavy (non-hydrogen) atoms. The molecule has 156 valence electrons. The van der Waals surface area contributed by atoms with Crippen LogP contribution >= 0.6 is 0 Å². The summed E-state index contributed by atoms with van der Waals surface area (Å²) in [6.07, 6.45) is 5.69. The van der Waals surface area contributed by atoms with E-state index >= 15 is 0 Å². The van der Waals surface area contributed by atoms with E-state index in [9.17, 15) is 0 Å².